The average Bonchev–Trinajstić information content (AvgIpc) is 3.18. The highest BCUT2D eigenvalue weighted by Crippen LogP contribution is 2.33. The second-order valence-electron chi connectivity index (χ2n) is 5.70. The van der Waals surface area contributed by atoms with Crippen LogP contribution in [0, 0.1) is 0 Å². The molecule has 0 spiro atoms. The largest absolute Gasteiger partial charge is 0.387 e. The summed E-state index contributed by atoms with van der Waals surface area (Å²) in [5.41, 5.74) is 6.60. The zero-order valence-corrected chi connectivity index (χ0v) is 14.7. The molecule has 1 saturated heterocycles. The van der Waals surface area contributed by atoms with Gasteiger partial charge in [0, 0.05) is 18.1 Å². The first-order valence-corrected chi connectivity index (χ1v) is 9.11. The topological polar surface area (TPSA) is 148 Å². The van der Waals surface area contributed by atoms with Gasteiger partial charge in [-0.25, -0.2) is 15.0 Å². The number of fused-ring (bicyclic) bond motifs is 1. The molecule has 0 saturated carbocycles. The molecule has 0 bridgehead atoms. The Balaban J connectivity index is 1.61. The molecule has 0 radical (unpaired) electrons. The van der Waals surface area contributed by atoms with Crippen LogP contribution >= 0.6 is 11.8 Å². The van der Waals surface area contributed by atoms with E-state index in [1.165, 1.54) is 35.1 Å². The molecule has 5 N–H and O–H groups in total. The molecule has 1 aliphatic heterocycles. The highest BCUT2D eigenvalue weighted by Gasteiger charge is 2.44. The first kappa shape index (κ1) is 18.6. The smallest absolute Gasteiger partial charge is 0.243 e. The Labute approximate surface area is 153 Å². The predicted octanol–water partition coefficient (Wildman–Crippen LogP) is -0.937. The minimum absolute atomic E-state index is 0.230. The normalized spacial score (nSPS) is 25.5. The summed E-state index contributed by atoms with van der Waals surface area (Å²) in [5.74, 6) is 1.11. The van der Waals surface area contributed by atoms with Gasteiger partial charge in [-0.05, 0) is 6.08 Å². The molecule has 1 amide bonds. The van der Waals surface area contributed by atoms with Gasteiger partial charge in [0.2, 0.25) is 5.91 Å². The van der Waals surface area contributed by atoms with Crippen LogP contribution < -0.4 is 11.1 Å². The second kappa shape index (κ2) is 7.99. The molecule has 3 rings (SSSR count). The Hall–Kier alpha value is -2.21. The van der Waals surface area contributed by atoms with E-state index in [1.54, 1.807) is 0 Å². The van der Waals surface area contributed by atoms with Crippen LogP contribution in [0.4, 0.5) is 5.82 Å². The third-order valence-corrected chi connectivity index (χ3v) is 5.07. The zero-order chi connectivity index (χ0) is 18.7. The first-order valence-electron chi connectivity index (χ1n) is 7.95. The minimum atomic E-state index is -1.13. The van der Waals surface area contributed by atoms with Gasteiger partial charge in [0.15, 0.2) is 17.7 Å². The van der Waals surface area contributed by atoms with E-state index in [9.17, 15) is 15.0 Å². The second-order valence-corrected chi connectivity index (χ2v) is 6.85. The summed E-state index contributed by atoms with van der Waals surface area (Å²) in [7, 11) is 0. The molecule has 0 unspecified atom stereocenters. The third-order valence-electron chi connectivity index (χ3n) is 4.01. The van der Waals surface area contributed by atoms with Crippen molar-refractivity contribution in [1.29, 1.82) is 0 Å². The Kier molecular flexibility index (Phi) is 5.71. The van der Waals surface area contributed by atoms with Crippen molar-refractivity contribution in [3.8, 4) is 0 Å². The van der Waals surface area contributed by atoms with Gasteiger partial charge in [-0.15, -0.1) is 0 Å². The van der Waals surface area contributed by atoms with Gasteiger partial charge in [0.25, 0.3) is 0 Å². The SMILES string of the molecule is C=CC(=O)NCCSC[C@@H]1O[C@H](n2cnc3c(N)ncnc32)[C@@H](O)[C@H]1O. The number of nitrogen functional groups attached to an aromatic ring is 1. The molecule has 3 heterocycles. The van der Waals surface area contributed by atoms with E-state index in [0.717, 1.165) is 0 Å². The highest BCUT2D eigenvalue weighted by atomic mass is 32.2. The van der Waals surface area contributed by atoms with E-state index in [1.807, 2.05) is 0 Å². The number of hydrogen-bond donors (Lipinski definition) is 4. The number of aromatic nitrogens is 4. The van der Waals surface area contributed by atoms with Crippen molar-refractivity contribution >= 4 is 34.7 Å². The fourth-order valence-corrected chi connectivity index (χ4v) is 3.59. The lowest BCUT2D eigenvalue weighted by Gasteiger charge is -2.16. The monoisotopic (exact) mass is 380 g/mol. The van der Waals surface area contributed by atoms with E-state index in [-0.39, 0.29) is 11.7 Å². The standard InChI is InChI=1S/C15H20N6O4S/c1-2-9(22)17-3-4-26-5-8-11(23)12(24)15(25-8)21-7-20-10-13(16)18-6-19-14(10)21/h2,6-8,11-12,15,23-24H,1,3-5H2,(H,17,22)(H2,16,18,19)/t8-,11-,12-,15-/m0/s1. The highest BCUT2D eigenvalue weighted by molar-refractivity contribution is 7.99. The molecular formula is C15H20N6O4S. The van der Waals surface area contributed by atoms with Gasteiger partial charge in [-0.3, -0.25) is 9.36 Å². The van der Waals surface area contributed by atoms with Crippen LogP contribution in [0.2, 0.25) is 0 Å². The number of nitrogens with one attached hydrogen (secondary N) is 1. The Morgan fingerprint density at radius 1 is 1.42 bits per heavy atom. The number of nitrogens with two attached hydrogens (primary N) is 1. The van der Waals surface area contributed by atoms with Crippen LogP contribution in [-0.2, 0) is 9.53 Å². The van der Waals surface area contributed by atoms with Crippen LogP contribution in [0.25, 0.3) is 11.2 Å². The molecule has 2 aromatic rings. The number of amides is 1. The number of hydrogen-bond acceptors (Lipinski definition) is 9. The molecular weight excluding hydrogens is 360 g/mol. The van der Waals surface area contributed by atoms with Crippen molar-refractivity contribution in [2.75, 3.05) is 23.8 Å². The summed E-state index contributed by atoms with van der Waals surface area (Å²) in [5, 5.41) is 23.3. The first-order chi connectivity index (χ1) is 12.5. The number of thioether (sulfide) groups is 1. The molecule has 1 fully saturated rings. The molecule has 11 heteroatoms. The van der Waals surface area contributed by atoms with Gasteiger partial charge in [-0.2, -0.15) is 11.8 Å². The number of nitrogens with zero attached hydrogens (tertiary/aromatic N) is 4. The molecule has 1 aliphatic rings. The van der Waals surface area contributed by atoms with E-state index in [4.69, 9.17) is 10.5 Å². The molecule has 2 aromatic heterocycles. The third kappa shape index (κ3) is 3.65. The van der Waals surface area contributed by atoms with Crippen molar-refractivity contribution in [3.63, 3.8) is 0 Å². The van der Waals surface area contributed by atoms with Gasteiger partial charge in [-0.1, -0.05) is 6.58 Å². The summed E-state index contributed by atoms with van der Waals surface area (Å²) >= 11 is 1.50. The minimum Gasteiger partial charge on any atom is -0.387 e. The summed E-state index contributed by atoms with van der Waals surface area (Å²) in [6.07, 6.45) is 0.403. The quantitative estimate of drug-likeness (QED) is 0.353. The lowest BCUT2D eigenvalue weighted by molar-refractivity contribution is -0.116. The Morgan fingerprint density at radius 2 is 2.23 bits per heavy atom. The number of aliphatic hydroxyl groups excluding tert-OH is 2. The fourth-order valence-electron chi connectivity index (χ4n) is 2.67. The summed E-state index contributed by atoms with van der Waals surface area (Å²) in [6.45, 7) is 3.86. The van der Waals surface area contributed by atoms with Gasteiger partial charge in [0.05, 0.1) is 12.4 Å². The van der Waals surface area contributed by atoms with E-state index < -0.39 is 24.5 Å². The summed E-state index contributed by atoms with van der Waals surface area (Å²) in [4.78, 5) is 23.2. The molecule has 0 aromatic carbocycles. The van der Waals surface area contributed by atoms with Crippen LogP contribution in [0.5, 0.6) is 0 Å². The number of anilines is 1. The Bertz CT molecular complexity index is 800. The maximum atomic E-state index is 11.1. The lowest BCUT2D eigenvalue weighted by Crippen LogP contribution is -2.33. The average molecular weight is 380 g/mol. The Morgan fingerprint density at radius 3 is 3.00 bits per heavy atom. The van der Waals surface area contributed by atoms with Crippen molar-refractivity contribution in [1.82, 2.24) is 24.8 Å². The van der Waals surface area contributed by atoms with Crippen LogP contribution in [0.1, 0.15) is 6.23 Å². The molecule has 140 valence electrons. The van der Waals surface area contributed by atoms with Crippen LogP contribution in [-0.4, -0.2) is 72.0 Å². The van der Waals surface area contributed by atoms with Gasteiger partial charge >= 0.3 is 0 Å². The molecule has 10 nitrogen and oxygen atoms in total. The van der Waals surface area contributed by atoms with E-state index >= 15 is 0 Å². The summed E-state index contributed by atoms with van der Waals surface area (Å²) in [6, 6.07) is 0. The number of imidazole rings is 1. The zero-order valence-electron chi connectivity index (χ0n) is 13.9. The van der Waals surface area contributed by atoms with Crippen molar-refractivity contribution in [2.45, 2.75) is 24.5 Å². The van der Waals surface area contributed by atoms with Gasteiger partial charge < -0.3 is 26.0 Å². The number of carbonyl (C=O) groups excluding carboxylic acids is 1. The van der Waals surface area contributed by atoms with Crippen LogP contribution in [0.15, 0.2) is 25.3 Å². The van der Waals surface area contributed by atoms with Gasteiger partial charge in [0.1, 0.15) is 24.1 Å². The lowest BCUT2D eigenvalue weighted by atomic mass is 10.1. The predicted molar refractivity (Wildman–Crippen MR) is 96.2 cm³/mol. The maximum absolute atomic E-state index is 11.1. The number of rotatable bonds is 7. The van der Waals surface area contributed by atoms with Crippen LogP contribution in [0.3, 0.4) is 0 Å². The van der Waals surface area contributed by atoms with Crippen molar-refractivity contribution in [2.24, 2.45) is 0 Å². The molecule has 0 aliphatic carbocycles. The number of carbonyl (C=O) groups is 1. The summed E-state index contributed by atoms with van der Waals surface area (Å²) < 4.78 is 7.36. The van der Waals surface area contributed by atoms with Crippen molar-refractivity contribution < 1.29 is 19.7 Å². The number of ether oxygens (including phenoxy) is 1. The van der Waals surface area contributed by atoms with E-state index in [2.05, 4.69) is 26.8 Å². The van der Waals surface area contributed by atoms with E-state index in [0.29, 0.717) is 29.2 Å². The molecule has 4 atom stereocenters. The fraction of sp³-hybridized carbons (Fsp3) is 0.467. The number of aliphatic hydroxyl groups is 2. The molecule has 26 heavy (non-hydrogen) atoms. The maximum Gasteiger partial charge on any atom is 0.243 e. The van der Waals surface area contributed by atoms with Crippen molar-refractivity contribution in [3.05, 3.63) is 25.3 Å².